The van der Waals surface area contributed by atoms with Crippen molar-refractivity contribution in [1.82, 2.24) is 15.1 Å². The fraction of sp³-hybridized carbons (Fsp3) is 1.00. The summed E-state index contributed by atoms with van der Waals surface area (Å²) < 4.78 is 0. The third-order valence-electron chi connectivity index (χ3n) is 4.69. The largest absolute Gasteiger partial charge is 0.313 e. The summed E-state index contributed by atoms with van der Waals surface area (Å²) in [7, 11) is 0. The van der Waals surface area contributed by atoms with E-state index in [2.05, 4.69) is 70.5 Å². The van der Waals surface area contributed by atoms with Crippen LogP contribution in [0.5, 0.6) is 0 Å². The SMILES string of the molecule is CC(CNC(C)(C)C)CC(C)(N)N1CCN(C(C)(C)C)CC1. The third-order valence-corrected chi connectivity index (χ3v) is 4.69. The van der Waals surface area contributed by atoms with E-state index in [1.807, 2.05) is 0 Å². The minimum Gasteiger partial charge on any atom is -0.313 e. The van der Waals surface area contributed by atoms with Crippen LogP contribution in [-0.2, 0) is 0 Å². The van der Waals surface area contributed by atoms with Crippen LogP contribution in [0.15, 0.2) is 0 Å². The minimum absolute atomic E-state index is 0.178. The molecule has 0 aromatic carbocycles. The number of nitrogens with one attached hydrogen (secondary N) is 1. The van der Waals surface area contributed by atoms with E-state index < -0.39 is 0 Å². The molecule has 0 saturated carbocycles. The third kappa shape index (κ3) is 6.53. The van der Waals surface area contributed by atoms with Crippen LogP contribution in [0.25, 0.3) is 0 Å². The molecule has 22 heavy (non-hydrogen) atoms. The van der Waals surface area contributed by atoms with Crippen LogP contribution in [-0.4, -0.2) is 59.3 Å². The Bertz CT molecular complexity index is 330. The van der Waals surface area contributed by atoms with Gasteiger partial charge in [-0.2, -0.15) is 0 Å². The van der Waals surface area contributed by atoms with Gasteiger partial charge in [0.15, 0.2) is 0 Å². The van der Waals surface area contributed by atoms with Crippen LogP contribution < -0.4 is 11.1 Å². The van der Waals surface area contributed by atoms with E-state index in [0.717, 1.165) is 39.1 Å². The molecule has 1 saturated heterocycles. The fourth-order valence-electron chi connectivity index (χ4n) is 3.28. The highest BCUT2D eigenvalue weighted by molar-refractivity contribution is 4.89. The van der Waals surface area contributed by atoms with Crippen molar-refractivity contribution in [3.8, 4) is 0 Å². The summed E-state index contributed by atoms with van der Waals surface area (Å²) in [5, 5.41) is 3.59. The molecular formula is C18H40N4. The summed E-state index contributed by atoms with van der Waals surface area (Å²) in [6.45, 7) is 23.4. The van der Waals surface area contributed by atoms with Gasteiger partial charge in [-0.1, -0.05) is 6.92 Å². The Morgan fingerprint density at radius 3 is 1.77 bits per heavy atom. The van der Waals surface area contributed by atoms with Crippen LogP contribution in [0.1, 0.15) is 61.8 Å². The standard InChI is InChI=1S/C18H40N4/c1-15(14-20-16(2,3)4)13-18(8,19)22-11-9-21(10-12-22)17(5,6)7/h15,20H,9-14,19H2,1-8H3. The van der Waals surface area contributed by atoms with Crippen molar-refractivity contribution >= 4 is 0 Å². The maximum atomic E-state index is 6.67. The van der Waals surface area contributed by atoms with E-state index in [9.17, 15) is 0 Å². The van der Waals surface area contributed by atoms with Gasteiger partial charge in [0, 0.05) is 37.3 Å². The second-order valence-corrected chi connectivity index (χ2v) is 9.44. The highest BCUT2D eigenvalue weighted by Crippen LogP contribution is 2.23. The van der Waals surface area contributed by atoms with Crippen molar-refractivity contribution in [2.75, 3.05) is 32.7 Å². The average Bonchev–Trinajstić information content (AvgIpc) is 2.34. The smallest absolute Gasteiger partial charge is 0.0662 e. The Morgan fingerprint density at radius 2 is 1.36 bits per heavy atom. The number of rotatable bonds is 5. The molecule has 2 unspecified atom stereocenters. The Morgan fingerprint density at radius 1 is 0.909 bits per heavy atom. The van der Waals surface area contributed by atoms with Gasteiger partial charge in [-0.05, 0) is 67.3 Å². The zero-order chi connectivity index (χ0) is 17.2. The molecule has 1 fully saturated rings. The molecule has 0 bridgehead atoms. The molecule has 0 amide bonds. The van der Waals surface area contributed by atoms with E-state index in [0.29, 0.717) is 5.92 Å². The molecule has 132 valence electrons. The van der Waals surface area contributed by atoms with Gasteiger partial charge in [0.1, 0.15) is 0 Å². The summed E-state index contributed by atoms with van der Waals surface area (Å²) in [5.74, 6) is 0.579. The maximum absolute atomic E-state index is 6.67. The van der Waals surface area contributed by atoms with Crippen LogP contribution in [0.2, 0.25) is 0 Å². The molecule has 0 radical (unpaired) electrons. The van der Waals surface area contributed by atoms with E-state index in [4.69, 9.17) is 5.73 Å². The second-order valence-electron chi connectivity index (χ2n) is 9.44. The predicted octanol–water partition coefficient (Wildman–Crippen LogP) is 2.49. The van der Waals surface area contributed by atoms with Gasteiger partial charge in [-0.15, -0.1) is 0 Å². The van der Waals surface area contributed by atoms with E-state index in [1.165, 1.54) is 0 Å². The Labute approximate surface area is 138 Å². The van der Waals surface area contributed by atoms with Gasteiger partial charge >= 0.3 is 0 Å². The first kappa shape index (κ1) is 19.9. The molecule has 1 rings (SSSR count). The molecule has 4 nitrogen and oxygen atoms in total. The summed E-state index contributed by atoms with van der Waals surface area (Å²) in [5.41, 5.74) is 6.90. The summed E-state index contributed by atoms with van der Waals surface area (Å²) in [6, 6.07) is 0. The second kappa shape index (κ2) is 7.16. The molecule has 1 aliphatic rings. The Kier molecular flexibility index (Phi) is 6.48. The zero-order valence-electron chi connectivity index (χ0n) is 16.3. The fourth-order valence-corrected chi connectivity index (χ4v) is 3.28. The summed E-state index contributed by atoms with van der Waals surface area (Å²) >= 11 is 0. The van der Waals surface area contributed by atoms with Crippen LogP contribution in [0.4, 0.5) is 0 Å². The van der Waals surface area contributed by atoms with Crippen molar-refractivity contribution < 1.29 is 0 Å². The molecule has 3 N–H and O–H groups in total. The van der Waals surface area contributed by atoms with Crippen molar-refractivity contribution in [3.05, 3.63) is 0 Å². The van der Waals surface area contributed by atoms with Crippen LogP contribution in [0.3, 0.4) is 0 Å². The first-order chi connectivity index (χ1) is 9.81. The van der Waals surface area contributed by atoms with Gasteiger partial charge in [0.05, 0.1) is 5.66 Å². The molecular weight excluding hydrogens is 272 g/mol. The van der Waals surface area contributed by atoms with Gasteiger partial charge < -0.3 is 11.1 Å². The lowest BCUT2D eigenvalue weighted by Gasteiger charge is -2.48. The number of nitrogens with zero attached hydrogens (tertiary/aromatic N) is 2. The lowest BCUT2D eigenvalue weighted by Crippen LogP contribution is -2.63. The highest BCUT2D eigenvalue weighted by Gasteiger charge is 2.34. The number of nitrogens with two attached hydrogens (primary N) is 1. The number of piperazine rings is 1. The Balaban J connectivity index is 2.47. The normalized spacial score (nSPS) is 23.3. The topological polar surface area (TPSA) is 44.5 Å². The van der Waals surface area contributed by atoms with Crippen LogP contribution in [0, 0.1) is 5.92 Å². The Hall–Kier alpha value is -0.160. The van der Waals surface area contributed by atoms with Gasteiger partial charge in [-0.25, -0.2) is 0 Å². The number of hydrogen-bond donors (Lipinski definition) is 2. The van der Waals surface area contributed by atoms with Crippen molar-refractivity contribution in [1.29, 1.82) is 0 Å². The lowest BCUT2D eigenvalue weighted by atomic mass is 9.94. The molecule has 4 heteroatoms. The van der Waals surface area contributed by atoms with Gasteiger partial charge in [0.25, 0.3) is 0 Å². The predicted molar refractivity (Wildman–Crippen MR) is 97.0 cm³/mol. The molecule has 0 spiro atoms. The average molecular weight is 313 g/mol. The molecule has 0 aromatic heterocycles. The lowest BCUT2D eigenvalue weighted by molar-refractivity contribution is 0.000884. The summed E-state index contributed by atoms with van der Waals surface area (Å²) in [6.07, 6.45) is 1.03. The monoisotopic (exact) mass is 312 g/mol. The van der Waals surface area contributed by atoms with Crippen molar-refractivity contribution in [3.63, 3.8) is 0 Å². The molecule has 1 heterocycles. The van der Waals surface area contributed by atoms with Crippen molar-refractivity contribution in [2.24, 2.45) is 11.7 Å². The van der Waals surface area contributed by atoms with Gasteiger partial charge in [-0.3, -0.25) is 9.80 Å². The van der Waals surface area contributed by atoms with Crippen LogP contribution >= 0.6 is 0 Å². The van der Waals surface area contributed by atoms with Gasteiger partial charge in [0.2, 0.25) is 0 Å². The quantitative estimate of drug-likeness (QED) is 0.819. The number of hydrogen-bond acceptors (Lipinski definition) is 4. The zero-order valence-corrected chi connectivity index (χ0v) is 16.3. The van der Waals surface area contributed by atoms with E-state index in [-0.39, 0.29) is 16.7 Å². The minimum atomic E-state index is -0.205. The van der Waals surface area contributed by atoms with E-state index >= 15 is 0 Å². The molecule has 1 aliphatic heterocycles. The molecule has 0 aromatic rings. The molecule has 0 aliphatic carbocycles. The van der Waals surface area contributed by atoms with Crippen molar-refractivity contribution in [2.45, 2.75) is 78.6 Å². The highest BCUT2D eigenvalue weighted by atomic mass is 15.3. The summed E-state index contributed by atoms with van der Waals surface area (Å²) in [4.78, 5) is 5.03. The first-order valence-corrected chi connectivity index (χ1v) is 8.85. The molecule has 2 atom stereocenters. The van der Waals surface area contributed by atoms with E-state index in [1.54, 1.807) is 0 Å². The maximum Gasteiger partial charge on any atom is 0.0662 e. The first-order valence-electron chi connectivity index (χ1n) is 8.85.